The number of phenols is 1. The minimum absolute atomic E-state index is 0.0120. The lowest BCUT2D eigenvalue weighted by atomic mass is 10.2. The van der Waals surface area contributed by atoms with Crippen molar-refractivity contribution in [2.75, 3.05) is 13.2 Å². The molecular weight excluding hydrogens is 368 g/mol. The van der Waals surface area contributed by atoms with E-state index in [0.29, 0.717) is 19.0 Å². The predicted octanol–water partition coefficient (Wildman–Crippen LogP) is 3.93. The number of benzene rings is 3. The van der Waals surface area contributed by atoms with Crippen molar-refractivity contribution in [1.29, 1.82) is 0 Å². The van der Waals surface area contributed by atoms with Gasteiger partial charge < -0.3 is 24.4 Å². The molecule has 0 aliphatic rings. The van der Waals surface area contributed by atoms with Crippen molar-refractivity contribution < 1.29 is 24.4 Å². The van der Waals surface area contributed by atoms with E-state index in [-0.39, 0.29) is 19.0 Å². The van der Waals surface area contributed by atoms with Gasteiger partial charge in [-0.1, -0.05) is 72.8 Å². The Labute approximate surface area is 171 Å². The molecule has 0 saturated heterocycles. The van der Waals surface area contributed by atoms with Gasteiger partial charge in [0.15, 0.2) is 17.6 Å². The molecule has 3 aromatic carbocycles. The predicted molar refractivity (Wildman–Crippen MR) is 111 cm³/mol. The van der Waals surface area contributed by atoms with E-state index in [2.05, 4.69) is 0 Å². The fourth-order valence-electron chi connectivity index (χ4n) is 2.79. The Balaban J connectivity index is 1.57. The summed E-state index contributed by atoms with van der Waals surface area (Å²) in [6.45, 7) is 1.03. The quantitative estimate of drug-likeness (QED) is 0.516. The second-order valence-electron chi connectivity index (χ2n) is 6.69. The minimum Gasteiger partial charge on any atom is -0.504 e. The standard InChI is InChI=1S/C24H26O5/c25-21-13-7-8-14-23(21)29-24(18-28-16-20-11-5-2-6-12-20)22(26)17-27-15-19-9-3-1-4-10-19/h1-14,22,24-26H,15-18H2/t22-,24+/m1/s1. The lowest BCUT2D eigenvalue weighted by molar-refractivity contribution is -0.0657. The van der Waals surface area contributed by atoms with Gasteiger partial charge in [0.25, 0.3) is 0 Å². The molecule has 0 amide bonds. The number of aliphatic hydroxyl groups excluding tert-OH is 1. The molecule has 3 aromatic rings. The van der Waals surface area contributed by atoms with Crippen LogP contribution in [0.15, 0.2) is 84.9 Å². The van der Waals surface area contributed by atoms with E-state index in [1.54, 1.807) is 18.2 Å². The number of ether oxygens (including phenoxy) is 3. The molecule has 29 heavy (non-hydrogen) atoms. The molecule has 0 spiro atoms. The van der Waals surface area contributed by atoms with Gasteiger partial charge >= 0.3 is 0 Å². The molecule has 0 unspecified atom stereocenters. The largest absolute Gasteiger partial charge is 0.504 e. The van der Waals surface area contributed by atoms with Crippen LogP contribution in [-0.4, -0.2) is 35.6 Å². The molecule has 152 valence electrons. The summed E-state index contributed by atoms with van der Waals surface area (Å²) in [4.78, 5) is 0. The summed E-state index contributed by atoms with van der Waals surface area (Å²) in [6, 6.07) is 26.2. The van der Waals surface area contributed by atoms with Crippen LogP contribution in [0.4, 0.5) is 0 Å². The zero-order chi connectivity index (χ0) is 20.3. The van der Waals surface area contributed by atoms with Gasteiger partial charge in [-0.2, -0.15) is 0 Å². The summed E-state index contributed by atoms with van der Waals surface area (Å²) in [5, 5.41) is 20.6. The maximum absolute atomic E-state index is 10.6. The molecule has 0 saturated carbocycles. The average Bonchev–Trinajstić information content (AvgIpc) is 2.76. The number of phenolic OH excluding ortho intramolecular Hbond substituents is 1. The molecule has 0 radical (unpaired) electrons. The van der Waals surface area contributed by atoms with Crippen LogP contribution in [0.1, 0.15) is 11.1 Å². The van der Waals surface area contributed by atoms with Gasteiger partial charge in [-0.3, -0.25) is 0 Å². The maximum atomic E-state index is 10.6. The minimum atomic E-state index is -0.922. The lowest BCUT2D eigenvalue weighted by Crippen LogP contribution is -2.39. The van der Waals surface area contributed by atoms with Gasteiger partial charge in [-0.15, -0.1) is 0 Å². The van der Waals surface area contributed by atoms with E-state index in [0.717, 1.165) is 11.1 Å². The van der Waals surface area contributed by atoms with Crippen LogP contribution >= 0.6 is 0 Å². The van der Waals surface area contributed by atoms with Crippen LogP contribution in [0.25, 0.3) is 0 Å². The number of hydrogen-bond donors (Lipinski definition) is 2. The summed E-state index contributed by atoms with van der Waals surface area (Å²) in [5.41, 5.74) is 2.06. The van der Waals surface area contributed by atoms with Crippen molar-refractivity contribution in [2.45, 2.75) is 25.4 Å². The van der Waals surface area contributed by atoms with E-state index in [9.17, 15) is 10.2 Å². The Morgan fingerprint density at radius 3 is 1.76 bits per heavy atom. The molecule has 0 aliphatic carbocycles. The molecule has 5 heteroatoms. The Kier molecular flexibility index (Phi) is 8.07. The summed E-state index contributed by atoms with van der Waals surface area (Å²) < 4.78 is 17.2. The second kappa shape index (κ2) is 11.2. The van der Waals surface area contributed by atoms with Crippen molar-refractivity contribution in [3.8, 4) is 11.5 Å². The van der Waals surface area contributed by atoms with E-state index >= 15 is 0 Å². The molecule has 2 atom stereocenters. The van der Waals surface area contributed by atoms with Gasteiger partial charge in [0.1, 0.15) is 6.10 Å². The van der Waals surface area contributed by atoms with Crippen molar-refractivity contribution in [3.63, 3.8) is 0 Å². The molecule has 0 fully saturated rings. The number of rotatable bonds is 11. The summed E-state index contributed by atoms with van der Waals surface area (Å²) in [7, 11) is 0. The molecular formula is C24H26O5. The third-order valence-corrected chi connectivity index (χ3v) is 4.37. The average molecular weight is 394 g/mol. The molecule has 0 aliphatic heterocycles. The highest BCUT2D eigenvalue weighted by Crippen LogP contribution is 2.26. The van der Waals surface area contributed by atoms with Gasteiger partial charge in [0, 0.05) is 0 Å². The first-order valence-electron chi connectivity index (χ1n) is 9.58. The molecule has 3 rings (SSSR count). The van der Waals surface area contributed by atoms with Gasteiger partial charge in [-0.05, 0) is 23.3 Å². The van der Waals surface area contributed by atoms with E-state index < -0.39 is 12.2 Å². The van der Waals surface area contributed by atoms with Crippen LogP contribution in [-0.2, 0) is 22.7 Å². The first kappa shape index (κ1) is 20.9. The maximum Gasteiger partial charge on any atom is 0.161 e. The van der Waals surface area contributed by atoms with E-state index in [4.69, 9.17) is 14.2 Å². The molecule has 2 N–H and O–H groups in total. The van der Waals surface area contributed by atoms with Gasteiger partial charge in [-0.25, -0.2) is 0 Å². The highest BCUT2D eigenvalue weighted by molar-refractivity contribution is 5.38. The first-order valence-corrected chi connectivity index (χ1v) is 9.58. The third kappa shape index (κ3) is 6.91. The molecule has 0 aromatic heterocycles. The van der Waals surface area contributed by atoms with E-state index in [1.165, 1.54) is 6.07 Å². The first-order chi connectivity index (χ1) is 14.2. The summed E-state index contributed by atoms with van der Waals surface area (Å²) in [6.07, 6.45) is -1.61. The Morgan fingerprint density at radius 1 is 0.655 bits per heavy atom. The third-order valence-electron chi connectivity index (χ3n) is 4.37. The Hall–Kier alpha value is -2.86. The van der Waals surface area contributed by atoms with Crippen molar-refractivity contribution in [2.24, 2.45) is 0 Å². The fraction of sp³-hybridized carbons (Fsp3) is 0.250. The number of aromatic hydroxyl groups is 1. The van der Waals surface area contributed by atoms with Crippen LogP contribution in [0.5, 0.6) is 11.5 Å². The van der Waals surface area contributed by atoms with Gasteiger partial charge in [0.2, 0.25) is 0 Å². The second-order valence-corrected chi connectivity index (χ2v) is 6.69. The van der Waals surface area contributed by atoms with Crippen LogP contribution in [0.2, 0.25) is 0 Å². The van der Waals surface area contributed by atoms with Gasteiger partial charge in [0.05, 0.1) is 26.4 Å². The number of para-hydroxylation sites is 2. The van der Waals surface area contributed by atoms with Crippen LogP contribution in [0.3, 0.4) is 0 Å². The van der Waals surface area contributed by atoms with Crippen molar-refractivity contribution >= 4 is 0 Å². The van der Waals surface area contributed by atoms with E-state index in [1.807, 2.05) is 60.7 Å². The molecule has 0 bridgehead atoms. The monoisotopic (exact) mass is 394 g/mol. The van der Waals surface area contributed by atoms with Crippen LogP contribution < -0.4 is 4.74 Å². The normalized spacial score (nSPS) is 13.0. The van der Waals surface area contributed by atoms with Crippen LogP contribution in [0, 0.1) is 0 Å². The highest BCUT2D eigenvalue weighted by atomic mass is 16.6. The zero-order valence-corrected chi connectivity index (χ0v) is 16.2. The lowest BCUT2D eigenvalue weighted by Gasteiger charge is -2.24. The highest BCUT2D eigenvalue weighted by Gasteiger charge is 2.23. The fourth-order valence-corrected chi connectivity index (χ4v) is 2.79. The summed E-state index contributed by atoms with van der Waals surface area (Å²) in [5.74, 6) is 0.306. The number of hydrogen-bond acceptors (Lipinski definition) is 5. The molecule has 0 heterocycles. The SMILES string of the molecule is Oc1ccccc1O[C@@H](COCc1ccccc1)[C@H](O)COCc1ccccc1. The number of aliphatic hydroxyl groups is 1. The summed E-state index contributed by atoms with van der Waals surface area (Å²) >= 11 is 0. The smallest absolute Gasteiger partial charge is 0.161 e. The Bertz CT molecular complexity index is 838. The Morgan fingerprint density at radius 2 is 1.17 bits per heavy atom. The topological polar surface area (TPSA) is 68.2 Å². The van der Waals surface area contributed by atoms with Crippen molar-refractivity contribution in [3.05, 3.63) is 96.1 Å². The van der Waals surface area contributed by atoms with Crippen molar-refractivity contribution in [1.82, 2.24) is 0 Å². The molecule has 5 nitrogen and oxygen atoms in total. The zero-order valence-electron chi connectivity index (χ0n) is 16.2.